The molecule has 0 fully saturated rings. The van der Waals surface area contributed by atoms with E-state index in [0.717, 1.165) is 39.0 Å². The van der Waals surface area contributed by atoms with Crippen LogP contribution in [-0.4, -0.2) is 52.4 Å². The first-order chi connectivity index (χ1) is 13.9. The lowest BCUT2D eigenvalue weighted by Crippen LogP contribution is -2.34. The summed E-state index contributed by atoms with van der Waals surface area (Å²) in [5.41, 5.74) is 2.98. The second-order valence-corrected chi connectivity index (χ2v) is 9.12. The Morgan fingerprint density at radius 2 is 1.97 bits per heavy atom. The lowest BCUT2D eigenvalue weighted by atomic mass is 10.3. The molecule has 30 heavy (non-hydrogen) atoms. The van der Waals surface area contributed by atoms with Crippen molar-refractivity contribution >= 4 is 66.6 Å². The number of carbonyl (C=O) groups excluding carboxylic acids is 1. The number of nitrogens with zero attached hydrogens (tertiary/aromatic N) is 5. The molecule has 3 heterocycles. The highest BCUT2D eigenvalue weighted by Crippen LogP contribution is 2.32. The van der Waals surface area contributed by atoms with Crippen molar-refractivity contribution in [1.82, 2.24) is 19.3 Å². The first kappa shape index (κ1) is 22.7. The van der Waals surface area contributed by atoms with Crippen LogP contribution < -0.4 is 4.90 Å². The van der Waals surface area contributed by atoms with Crippen molar-refractivity contribution in [3.63, 3.8) is 0 Å². The van der Waals surface area contributed by atoms with E-state index in [-0.39, 0.29) is 18.3 Å². The minimum atomic E-state index is -0.0712. The zero-order valence-corrected chi connectivity index (χ0v) is 20.2. The molecule has 0 saturated carbocycles. The van der Waals surface area contributed by atoms with Gasteiger partial charge < -0.3 is 4.90 Å². The second kappa shape index (κ2) is 9.43. The van der Waals surface area contributed by atoms with Gasteiger partial charge in [-0.15, -0.1) is 12.4 Å². The Kier molecular flexibility index (Phi) is 7.13. The third kappa shape index (κ3) is 4.51. The summed E-state index contributed by atoms with van der Waals surface area (Å²) in [5, 5.41) is 0.715. The first-order valence-corrected chi connectivity index (χ1v) is 11.0. The number of carbonyl (C=O) groups is 1. The highest BCUT2D eigenvalue weighted by Gasteiger charge is 2.26. The predicted octanol–water partition coefficient (Wildman–Crippen LogP) is 5.04. The summed E-state index contributed by atoms with van der Waals surface area (Å²) in [4.78, 5) is 26.9. The molecule has 158 valence electrons. The van der Waals surface area contributed by atoms with Crippen LogP contribution in [0.3, 0.4) is 0 Å². The zero-order chi connectivity index (χ0) is 20.5. The predicted molar refractivity (Wildman–Crippen MR) is 129 cm³/mol. The van der Waals surface area contributed by atoms with Gasteiger partial charge in [-0.3, -0.25) is 14.1 Å². The molecule has 0 aliphatic heterocycles. The van der Waals surface area contributed by atoms with Gasteiger partial charge in [0.2, 0.25) is 0 Å². The highest BCUT2D eigenvalue weighted by atomic mass is 79.9. The van der Waals surface area contributed by atoms with Gasteiger partial charge in [0.1, 0.15) is 11.3 Å². The molecule has 1 amide bonds. The normalized spacial score (nSPS) is 11.2. The molecule has 0 N–H and O–H groups in total. The Morgan fingerprint density at radius 3 is 2.73 bits per heavy atom. The molecule has 1 aromatic carbocycles. The van der Waals surface area contributed by atoms with Crippen LogP contribution >= 0.6 is 39.7 Å². The summed E-state index contributed by atoms with van der Waals surface area (Å²) < 4.78 is 3.92. The van der Waals surface area contributed by atoms with E-state index in [2.05, 4.69) is 25.8 Å². The Hall–Kier alpha value is -2.00. The number of fused-ring (bicyclic) bond motifs is 2. The fourth-order valence-corrected chi connectivity index (χ4v) is 4.87. The maximum atomic E-state index is 13.7. The molecule has 0 aliphatic carbocycles. The van der Waals surface area contributed by atoms with Crippen molar-refractivity contribution in [3.8, 4) is 0 Å². The van der Waals surface area contributed by atoms with Gasteiger partial charge in [0, 0.05) is 17.2 Å². The van der Waals surface area contributed by atoms with Crippen LogP contribution in [0.15, 0.2) is 47.1 Å². The van der Waals surface area contributed by atoms with Crippen LogP contribution in [0.4, 0.5) is 5.13 Å². The standard InChI is InChI=1S/C21H22BrN5OS.ClH/c1-14-19(26-11-5-4-7-18(26)23-14)20(28)27(12-6-10-25(2)3)21-24-16-9-8-15(22)13-17(16)29-21;/h4-5,7-9,11,13H,6,10,12H2,1-3H3;1H. The lowest BCUT2D eigenvalue weighted by molar-refractivity contribution is 0.0979. The van der Waals surface area contributed by atoms with E-state index in [4.69, 9.17) is 4.98 Å². The maximum Gasteiger partial charge on any atom is 0.278 e. The minimum Gasteiger partial charge on any atom is -0.309 e. The largest absolute Gasteiger partial charge is 0.309 e. The monoisotopic (exact) mass is 507 g/mol. The molecule has 3 aromatic heterocycles. The smallest absolute Gasteiger partial charge is 0.278 e. The van der Waals surface area contributed by atoms with E-state index in [0.29, 0.717) is 17.4 Å². The van der Waals surface area contributed by atoms with Crippen LogP contribution in [0, 0.1) is 6.92 Å². The third-order valence-corrected chi connectivity index (χ3v) is 6.24. The van der Waals surface area contributed by atoms with E-state index >= 15 is 0 Å². The van der Waals surface area contributed by atoms with Crippen molar-refractivity contribution in [1.29, 1.82) is 0 Å². The van der Waals surface area contributed by atoms with Crippen molar-refractivity contribution in [2.24, 2.45) is 0 Å². The summed E-state index contributed by atoms with van der Waals surface area (Å²) in [6.07, 6.45) is 2.74. The number of pyridine rings is 1. The van der Waals surface area contributed by atoms with Gasteiger partial charge in [-0.2, -0.15) is 0 Å². The van der Waals surface area contributed by atoms with E-state index < -0.39 is 0 Å². The van der Waals surface area contributed by atoms with Crippen LogP contribution in [0.2, 0.25) is 0 Å². The highest BCUT2D eigenvalue weighted by molar-refractivity contribution is 9.10. The summed E-state index contributed by atoms with van der Waals surface area (Å²) in [6.45, 7) is 3.37. The molecule has 0 bridgehead atoms. The lowest BCUT2D eigenvalue weighted by Gasteiger charge is -2.21. The Morgan fingerprint density at radius 1 is 1.17 bits per heavy atom. The number of amides is 1. The molecule has 0 radical (unpaired) electrons. The Labute approximate surface area is 194 Å². The molecule has 4 rings (SSSR count). The van der Waals surface area contributed by atoms with Crippen LogP contribution in [0.5, 0.6) is 0 Å². The fourth-order valence-electron chi connectivity index (χ4n) is 3.33. The summed E-state index contributed by atoms with van der Waals surface area (Å²) in [5.74, 6) is -0.0712. The van der Waals surface area contributed by atoms with Crippen LogP contribution in [0.1, 0.15) is 22.6 Å². The zero-order valence-electron chi connectivity index (χ0n) is 17.0. The fraction of sp³-hybridized carbons (Fsp3) is 0.286. The number of halogens is 2. The van der Waals surface area contributed by atoms with Crippen LogP contribution in [-0.2, 0) is 0 Å². The number of benzene rings is 1. The van der Waals surface area contributed by atoms with Gasteiger partial charge in [-0.05, 0) is 64.3 Å². The molecule has 0 atom stereocenters. The molecular weight excluding hydrogens is 486 g/mol. The maximum absolute atomic E-state index is 13.7. The van der Waals surface area contributed by atoms with E-state index in [9.17, 15) is 4.79 Å². The molecule has 0 spiro atoms. The van der Waals surface area contributed by atoms with Crippen molar-refractivity contribution < 1.29 is 4.79 Å². The number of thiazole rings is 1. The van der Waals surface area contributed by atoms with Gasteiger partial charge in [-0.25, -0.2) is 9.97 Å². The number of aryl methyl sites for hydroxylation is 1. The summed E-state index contributed by atoms with van der Waals surface area (Å²) in [6, 6.07) is 11.7. The second-order valence-electron chi connectivity index (χ2n) is 7.20. The van der Waals surface area contributed by atoms with Gasteiger partial charge in [0.05, 0.1) is 15.9 Å². The first-order valence-electron chi connectivity index (χ1n) is 9.40. The van der Waals surface area contributed by atoms with Gasteiger partial charge in [0.25, 0.3) is 5.91 Å². The third-order valence-electron chi connectivity index (χ3n) is 4.71. The van der Waals surface area contributed by atoms with Crippen LogP contribution in [0.25, 0.3) is 15.9 Å². The van der Waals surface area contributed by atoms with Gasteiger partial charge >= 0.3 is 0 Å². The Balaban J connectivity index is 0.00000256. The molecule has 0 unspecified atom stereocenters. The van der Waals surface area contributed by atoms with E-state index in [1.807, 2.05) is 68.0 Å². The average molecular weight is 509 g/mol. The summed E-state index contributed by atoms with van der Waals surface area (Å²) >= 11 is 5.05. The van der Waals surface area contributed by atoms with Crippen molar-refractivity contribution in [2.45, 2.75) is 13.3 Å². The van der Waals surface area contributed by atoms with Crippen molar-refractivity contribution in [2.75, 3.05) is 32.1 Å². The number of hydrogen-bond donors (Lipinski definition) is 0. The van der Waals surface area contributed by atoms with Gasteiger partial charge in [0.15, 0.2) is 5.13 Å². The topological polar surface area (TPSA) is 53.7 Å². The number of aromatic nitrogens is 3. The number of anilines is 1. The number of rotatable bonds is 6. The molecule has 6 nitrogen and oxygen atoms in total. The van der Waals surface area contributed by atoms with Gasteiger partial charge in [-0.1, -0.05) is 33.3 Å². The Bertz CT molecular complexity index is 1190. The minimum absolute atomic E-state index is 0. The molecule has 4 aromatic rings. The number of imidazole rings is 1. The molecule has 0 saturated heterocycles. The molecular formula is C21H23BrClN5OS. The molecule has 0 aliphatic rings. The quantitative estimate of drug-likeness (QED) is 0.366. The molecule has 9 heteroatoms. The SMILES string of the molecule is Cc1nc2ccccn2c1C(=O)N(CCCN(C)C)c1nc2ccc(Br)cc2s1.Cl. The van der Waals surface area contributed by atoms with E-state index in [1.165, 1.54) is 11.3 Å². The summed E-state index contributed by atoms with van der Waals surface area (Å²) in [7, 11) is 4.08. The van der Waals surface area contributed by atoms with Crippen molar-refractivity contribution in [3.05, 3.63) is 58.5 Å². The average Bonchev–Trinajstić information content (AvgIpc) is 3.23. The van der Waals surface area contributed by atoms with E-state index in [1.54, 1.807) is 4.90 Å². The number of hydrogen-bond acceptors (Lipinski definition) is 5.